The van der Waals surface area contributed by atoms with Crippen molar-refractivity contribution in [2.24, 2.45) is 5.10 Å². The van der Waals surface area contributed by atoms with Gasteiger partial charge in [-0.3, -0.25) is 9.59 Å². The second-order valence-corrected chi connectivity index (χ2v) is 4.37. The molecule has 0 aliphatic carbocycles. The van der Waals surface area contributed by atoms with E-state index in [-0.39, 0.29) is 17.6 Å². The Labute approximate surface area is 121 Å². The van der Waals surface area contributed by atoms with Crippen LogP contribution in [0.15, 0.2) is 52.2 Å². The second kappa shape index (κ2) is 6.51. The number of benzene rings is 1. The van der Waals surface area contributed by atoms with Gasteiger partial charge in [0, 0.05) is 12.6 Å². The van der Waals surface area contributed by atoms with Gasteiger partial charge in [-0.05, 0) is 36.8 Å². The molecule has 2 rings (SSSR count). The van der Waals surface area contributed by atoms with Crippen LogP contribution in [0.5, 0.6) is 0 Å². The molecule has 0 atom stereocenters. The summed E-state index contributed by atoms with van der Waals surface area (Å²) in [4.78, 5) is 22.6. The first-order valence-electron chi connectivity index (χ1n) is 6.32. The van der Waals surface area contributed by atoms with E-state index in [2.05, 4.69) is 15.8 Å². The van der Waals surface area contributed by atoms with Gasteiger partial charge in [0.15, 0.2) is 5.76 Å². The lowest BCUT2D eigenvalue weighted by molar-refractivity contribution is -0.118. The average Bonchev–Trinajstić information content (AvgIpc) is 3.00. The third-order valence-electron chi connectivity index (χ3n) is 2.69. The summed E-state index contributed by atoms with van der Waals surface area (Å²) in [6.07, 6.45) is 1.44. The first kappa shape index (κ1) is 14.5. The highest BCUT2D eigenvalue weighted by molar-refractivity contribution is 6.03. The highest BCUT2D eigenvalue weighted by atomic mass is 16.3. The fourth-order valence-corrected chi connectivity index (χ4v) is 1.62. The fraction of sp³-hybridized carbons (Fsp3) is 0.133. The number of furan rings is 1. The number of hydrogen-bond donors (Lipinski definition) is 2. The second-order valence-electron chi connectivity index (χ2n) is 4.37. The maximum absolute atomic E-state index is 11.8. The normalized spacial score (nSPS) is 11.0. The van der Waals surface area contributed by atoms with Gasteiger partial charge in [-0.1, -0.05) is 12.1 Å². The van der Waals surface area contributed by atoms with Crippen LogP contribution in [0.2, 0.25) is 0 Å². The van der Waals surface area contributed by atoms with Gasteiger partial charge in [-0.25, -0.2) is 5.43 Å². The van der Waals surface area contributed by atoms with Crippen LogP contribution in [-0.2, 0) is 4.79 Å². The molecule has 2 N–H and O–H groups in total. The van der Waals surface area contributed by atoms with Crippen molar-refractivity contribution in [3.05, 3.63) is 54.0 Å². The van der Waals surface area contributed by atoms with Crippen molar-refractivity contribution in [1.29, 1.82) is 0 Å². The van der Waals surface area contributed by atoms with Gasteiger partial charge in [-0.2, -0.15) is 5.10 Å². The van der Waals surface area contributed by atoms with Crippen LogP contribution in [0.1, 0.15) is 30.0 Å². The van der Waals surface area contributed by atoms with E-state index in [1.165, 1.54) is 13.2 Å². The Morgan fingerprint density at radius 2 is 1.81 bits per heavy atom. The number of carbonyl (C=O) groups excluding carboxylic acids is 2. The van der Waals surface area contributed by atoms with E-state index >= 15 is 0 Å². The van der Waals surface area contributed by atoms with Crippen LogP contribution < -0.4 is 10.7 Å². The lowest BCUT2D eigenvalue weighted by Crippen LogP contribution is -2.15. The molecule has 108 valence electrons. The number of amides is 2. The zero-order valence-electron chi connectivity index (χ0n) is 11.7. The number of rotatable bonds is 4. The van der Waals surface area contributed by atoms with E-state index in [4.69, 9.17) is 4.42 Å². The molecule has 6 heteroatoms. The van der Waals surface area contributed by atoms with E-state index in [0.29, 0.717) is 11.4 Å². The summed E-state index contributed by atoms with van der Waals surface area (Å²) in [6, 6.07) is 10.4. The largest absolute Gasteiger partial charge is 0.459 e. The van der Waals surface area contributed by atoms with Crippen LogP contribution in [0.4, 0.5) is 5.69 Å². The summed E-state index contributed by atoms with van der Waals surface area (Å²) in [5.74, 6) is -0.282. The van der Waals surface area contributed by atoms with Crippen LogP contribution in [-0.4, -0.2) is 17.5 Å². The molecule has 1 aromatic heterocycles. The third-order valence-corrected chi connectivity index (χ3v) is 2.69. The Hall–Kier alpha value is -2.89. The number of hydrazone groups is 1. The number of anilines is 1. The molecule has 0 fully saturated rings. The first-order valence-corrected chi connectivity index (χ1v) is 6.32. The molecule has 0 unspecified atom stereocenters. The van der Waals surface area contributed by atoms with Crippen molar-refractivity contribution in [3.8, 4) is 0 Å². The van der Waals surface area contributed by atoms with Crippen molar-refractivity contribution < 1.29 is 14.0 Å². The van der Waals surface area contributed by atoms with Crippen LogP contribution in [0.25, 0.3) is 0 Å². The molecular formula is C15H15N3O3. The van der Waals surface area contributed by atoms with Gasteiger partial charge in [0.25, 0.3) is 5.91 Å². The van der Waals surface area contributed by atoms with E-state index in [0.717, 1.165) is 5.56 Å². The Bertz CT molecular complexity index is 658. The van der Waals surface area contributed by atoms with E-state index in [1.807, 2.05) is 0 Å². The number of carbonyl (C=O) groups is 2. The fourth-order valence-electron chi connectivity index (χ4n) is 1.62. The number of nitrogens with one attached hydrogen (secondary N) is 2. The number of hydrogen-bond acceptors (Lipinski definition) is 4. The van der Waals surface area contributed by atoms with Gasteiger partial charge < -0.3 is 9.73 Å². The van der Waals surface area contributed by atoms with Gasteiger partial charge in [0.2, 0.25) is 5.91 Å². The van der Waals surface area contributed by atoms with Gasteiger partial charge in [0.05, 0.1) is 12.0 Å². The van der Waals surface area contributed by atoms with Crippen molar-refractivity contribution in [2.75, 3.05) is 5.32 Å². The maximum Gasteiger partial charge on any atom is 0.291 e. The summed E-state index contributed by atoms with van der Waals surface area (Å²) >= 11 is 0. The zero-order chi connectivity index (χ0) is 15.2. The molecule has 0 aliphatic heterocycles. The minimum atomic E-state index is -0.309. The average molecular weight is 285 g/mol. The molecule has 0 spiro atoms. The maximum atomic E-state index is 11.8. The van der Waals surface area contributed by atoms with Crippen LogP contribution >= 0.6 is 0 Å². The summed E-state index contributed by atoms with van der Waals surface area (Å²) in [5, 5.41) is 6.66. The molecule has 0 aliphatic rings. The molecule has 1 aromatic carbocycles. The molecule has 0 saturated heterocycles. The highest BCUT2D eigenvalue weighted by Gasteiger charge is 2.08. The quantitative estimate of drug-likeness (QED) is 0.668. The molecule has 0 saturated carbocycles. The molecule has 1 heterocycles. The highest BCUT2D eigenvalue weighted by Crippen LogP contribution is 2.12. The first-order chi connectivity index (χ1) is 10.1. The summed E-state index contributed by atoms with van der Waals surface area (Å²) < 4.78 is 5.01. The van der Waals surface area contributed by atoms with Crippen molar-refractivity contribution >= 4 is 23.2 Å². The summed E-state index contributed by atoms with van der Waals surface area (Å²) in [7, 11) is 0. The molecule has 2 aromatic rings. The predicted molar refractivity (Wildman–Crippen MR) is 79.1 cm³/mol. The van der Waals surface area contributed by atoms with Gasteiger partial charge >= 0.3 is 0 Å². The summed E-state index contributed by atoms with van der Waals surface area (Å²) in [5.41, 5.74) is 4.54. The van der Waals surface area contributed by atoms with Crippen molar-refractivity contribution in [3.63, 3.8) is 0 Å². The Morgan fingerprint density at radius 3 is 2.38 bits per heavy atom. The van der Waals surface area contributed by atoms with Gasteiger partial charge in [0.1, 0.15) is 0 Å². The van der Waals surface area contributed by atoms with Gasteiger partial charge in [-0.15, -0.1) is 0 Å². The van der Waals surface area contributed by atoms with E-state index < -0.39 is 0 Å². The van der Waals surface area contributed by atoms with Crippen LogP contribution in [0.3, 0.4) is 0 Å². The minimum absolute atomic E-state index is 0.225. The van der Waals surface area contributed by atoms with Crippen molar-refractivity contribution in [2.45, 2.75) is 13.8 Å². The van der Waals surface area contributed by atoms with E-state index in [9.17, 15) is 9.59 Å². The lowest BCUT2D eigenvalue weighted by atomic mass is 10.1. The molecule has 2 amide bonds. The molecular weight excluding hydrogens is 270 g/mol. The van der Waals surface area contributed by atoms with E-state index in [1.54, 1.807) is 43.3 Å². The van der Waals surface area contributed by atoms with Crippen molar-refractivity contribution in [1.82, 2.24) is 5.43 Å². The predicted octanol–water partition coefficient (Wildman–Crippen LogP) is 2.39. The third kappa shape index (κ3) is 4.04. The molecule has 6 nitrogen and oxygen atoms in total. The smallest absolute Gasteiger partial charge is 0.291 e. The Balaban J connectivity index is 2.03. The number of nitrogens with zero attached hydrogens (tertiary/aromatic N) is 1. The molecule has 21 heavy (non-hydrogen) atoms. The topological polar surface area (TPSA) is 83.7 Å². The zero-order valence-corrected chi connectivity index (χ0v) is 11.7. The monoisotopic (exact) mass is 285 g/mol. The summed E-state index contributed by atoms with van der Waals surface area (Å²) in [6.45, 7) is 3.18. The van der Waals surface area contributed by atoms with Crippen LogP contribution in [0, 0.1) is 0 Å². The molecule has 0 bridgehead atoms. The minimum Gasteiger partial charge on any atom is -0.459 e. The molecule has 0 radical (unpaired) electrons. The SMILES string of the molecule is CC(=O)N/N=C(/C)c1ccc(NC(=O)c2ccco2)cc1. The standard InChI is InChI=1S/C15H15N3O3/c1-10(17-18-11(2)19)12-5-7-13(8-6-12)16-15(20)14-4-3-9-21-14/h3-9H,1-2H3,(H,16,20)(H,18,19)/b17-10-. The Kier molecular flexibility index (Phi) is 4.50. The Morgan fingerprint density at radius 1 is 1.10 bits per heavy atom. The lowest BCUT2D eigenvalue weighted by Gasteiger charge is -2.05.